The van der Waals surface area contributed by atoms with Crippen molar-refractivity contribution in [2.45, 2.75) is 0 Å². The molecule has 0 saturated heterocycles. The number of H-pyrrole nitrogens is 1. The van der Waals surface area contributed by atoms with Gasteiger partial charge in [-0.2, -0.15) is 5.10 Å². The third-order valence-electron chi connectivity index (χ3n) is 4.10. The van der Waals surface area contributed by atoms with Crippen LogP contribution in [-0.4, -0.2) is 30.8 Å². The molecule has 28 heavy (non-hydrogen) atoms. The number of hydrogen-bond donors (Lipinski definition) is 2. The number of para-hydroxylation sites is 1. The molecule has 0 spiro atoms. The van der Waals surface area contributed by atoms with E-state index < -0.39 is 11.5 Å². The molecule has 7 nitrogen and oxygen atoms in total. The van der Waals surface area contributed by atoms with Gasteiger partial charge in [0.25, 0.3) is 5.56 Å². The molecule has 0 saturated carbocycles. The molecular formula is C20H13ClN4O3. The monoisotopic (exact) mass is 392 g/mol. The van der Waals surface area contributed by atoms with Gasteiger partial charge < -0.3 is 10.1 Å². The molecule has 2 N–H and O–H groups in total. The maximum Gasteiger partial charge on any atom is 0.335 e. The summed E-state index contributed by atoms with van der Waals surface area (Å²) in [6, 6.07) is 13.7. The van der Waals surface area contributed by atoms with Crippen molar-refractivity contribution in [2.24, 2.45) is 0 Å². The van der Waals surface area contributed by atoms with Crippen molar-refractivity contribution >= 4 is 39.6 Å². The second-order valence-corrected chi connectivity index (χ2v) is 6.40. The highest BCUT2D eigenvalue weighted by molar-refractivity contribution is 6.50. The fourth-order valence-electron chi connectivity index (χ4n) is 2.73. The van der Waals surface area contributed by atoms with Crippen LogP contribution in [0.4, 0.5) is 0 Å². The Bertz CT molecular complexity index is 1280. The third kappa shape index (κ3) is 3.43. The van der Waals surface area contributed by atoms with Gasteiger partial charge >= 0.3 is 5.97 Å². The predicted octanol–water partition coefficient (Wildman–Crippen LogP) is 3.54. The first-order valence-corrected chi connectivity index (χ1v) is 8.64. The van der Waals surface area contributed by atoms with Crippen LogP contribution in [0.15, 0.2) is 65.7 Å². The molecule has 4 aromatic rings. The van der Waals surface area contributed by atoms with Crippen LogP contribution >= 0.6 is 11.6 Å². The number of rotatable bonds is 4. The number of benzene rings is 2. The number of carbonyl (C=O) groups is 1. The van der Waals surface area contributed by atoms with Crippen molar-refractivity contribution in [1.82, 2.24) is 19.7 Å². The van der Waals surface area contributed by atoms with Crippen LogP contribution < -0.4 is 5.56 Å². The summed E-state index contributed by atoms with van der Waals surface area (Å²) < 4.78 is 1.70. The van der Waals surface area contributed by atoms with Gasteiger partial charge in [-0.1, -0.05) is 29.8 Å². The maximum absolute atomic E-state index is 12.3. The molecule has 8 heteroatoms. The summed E-state index contributed by atoms with van der Waals surface area (Å²) in [7, 11) is 0. The van der Waals surface area contributed by atoms with Gasteiger partial charge in [-0.05, 0) is 36.4 Å². The molecule has 0 atom stereocenters. The number of aromatic carboxylic acids is 1. The van der Waals surface area contributed by atoms with E-state index >= 15 is 0 Å². The van der Waals surface area contributed by atoms with Crippen LogP contribution in [0.25, 0.3) is 27.7 Å². The molecule has 0 aliphatic heterocycles. The van der Waals surface area contributed by atoms with E-state index in [4.69, 9.17) is 16.7 Å². The van der Waals surface area contributed by atoms with Crippen LogP contribution in [0.2, 0.25) is 0 Å². The smallest absolute Gasteiger partial charge is 0.335 e. The largest absolute Gasteiger partial charge is 0.478 e. The number of carboxylic acids is 1. The molecule has 0 amide bonds. The zero-order valence-electron chi connectivity index (χ0n) is 14.3. The molecule has 2 aromatic heterocycles. The molecule has 4 rings (SSSR count). The molecule has 0 unspecified atom stereocenters. The number of carboxylic acid groups (broad SMARTS) is 1. The standard InChI is InChI=1S/C20H13ClN4O3/c21-16(8-12-10-22-25(11-12)14-4-2-1-3-5-14)18-23-17-9-13(20(27)28)6-7-15(17)19(26)24-18/h1-11H,(H,27,28)(H,23,24,26)/b16-8-. The summed E-state index contributed by atoms with van der Waals surface area (Å²) in [6.07, 6.45) is 5.05. The third-order valence-corrected chi connectivity index (χ3v) is 4.38. The lowest BCUT2D eigenvalue weighted by molar-refractivity contribution is 0.0697. The lowest BCUT2D eigenvalue weighted by Gasteiger charge is -2.03. The lowest BCUT2D eigenvalue weighted by atomic mass is 10.1. The van der Waals surface area contributed by atoms with Crippen LogP contribution in [0.1, 0.15) is 21.7 Å². The van der Waals surface area contributed by atoms with E-state index in [1.54, 1.807) is 23.2 Å². The highest BCUT2D eigenvalue weighted by Crippen LogP contribution is 2.21. The second-order valence-electron chi connectivity index (χ2n) is 6.00. The Kier molecular flexibility index (Phi) is 4.50. The van der Waals surface area contributed by atoms with Gasteiger partial charge in [0.05, 0.1) is 33.4 Å². The van der Waals surface area contributed by atoms with Gasteiger partial charge in [-0.25, -0.2) is 14.5 Å². The highest BCUT2D eigenvalue weighted by Gasteiger charge is 2.10. The predicted molar refractivity (Wildman–Crippen MR) is 107 cm³/mol. The molecule has 2 aromatic carbocycles. The Morgan fingerprint density at radius 1 is 1.18 bits per heavy atom. The quantitative estimate of drug-likeness (QED) is 0.553. The molecule has 0 bridgehead atoms. The van der Waals surface area contributed by atoms with Gasteiger partial charge in [0.2, 0.25) is 0 Å². The fourth-order valence-corrected chi connectivity index (χ4v) is 2.95. The van der Waals surface area contributed by atoms with Crippen LogP contribution in [-0.2, 0) is 0 Å². The SMILES string of the molecule is O=C(O)c1ccc2c(=O)[nH]c(/C(Cl)=C/c3cnn(-c4ccccc4)c3)nc2c1. The summed E-state index contributed by atoms with van der Waals surface area (Å²) in [4.78, 5) is 30.3. The number of halogens is 1. The fraction of sp³-hybridized carbons (Fsp3) is 0. The zero-order valence-corrected chi connectivity index (χ0v) is 15.1. The molecule has 0 fully saturated rings. The Balaban J connectivity index is 1.72. The van der Waals surface area contributed by atoms with Gasteiger partial charge in [-0.15, -0.1) is 0 Å². The number of aromatic amines is 1. The van der Waals surface area contributed by atoms with Crippen molar-refractivity contribution in [3.05, 3.63) is 88.2 Å². The average molecular weight is 393 g/mol. The van der Waals surface area contributed by atoms with Crippen molar-refractivity contribution < 1.29 is 9.90 Å². The van der Waals surface area contributed by atoms with Gasteiger partial charge in [0, 0.05) is 11.8 Å². The average Bonchev–Trinajstić information content (AvgIpc) is 3.16. The minimum atomic E-state index is -1.10. The number of fused-ring (bicyclic) bond motifs is 1. The molecule has 2 heterocycles. The van der Waals surface area contributed by atoms with Crippen LogP contribution in [0.5, 0.6) is 0 Å². The first-order valence-electron chi connectivity index (χ1n) is 8.26. The van der Waals surface area contributed by atoms with E-state index in [0.29, 0.717) is 0 Å². The van der Waals surface area contributed by atoms with E-state index in [0.717, 1.165) is 11.3 Å². The lowest BCUT2D eigenvalue weighted by Crippen LogP contribution is -2.11. The summed E-state index contributed by atoms with van der Waals surface area (Å²) in [5.41, 5.74) is 1.52. The summed E-state index contributed by atoms with van der Waals surface area (Å²) in [5, 5.41) is 13.9. The van der Waals surface area contributed by atoms with E-state index in [1.165, 1.54) is 18.2 Å². The molecule has 0 aliphatic carbocycles. The highest BCUT2D eigenvalue weighted by atomic mass is 35.5. The summed E-state index contributed by atoms with van der Waals surface area (Å²) in [6.45, 7) is 0. The van der Waals surface area contributed by atoms with Crippen molar-refractivity contribution in [1.29, 1.82) is 0 Å². The zero-order chi connectivity index (χ0) is 19.7. The van der Waals surface area contributed by atoms with E-state index in [9.17, 15) is 9.59 Å². The van der Waals surface area contributed by atoms with E-state index in [2.05, 4.69) is 15.1 Å². The Morgan fingerprint density at radius 3 is 2.71 bits per heavy atom. The topological polar surface area (TPSA) is 101 Å². The van der Waals surface area contributed by atoms with Crippen LogP contribution in [0, 0.1) is 0 Å². The first kappa shape index (κ1) is 17.7. The number of nitrogens with one attached hydrogen (secondary N) is 1. The maximum atomic E-state index is 12.3. The van der Waals surface area contributed by atoms with Gasteiger partial charge in [0.15, 0.2) is 5.82 Å². The summed E-state index contributed by atoms with van der Waals surface area (Å²) >= 11 is 6.35. The van der Waals surface area contributed by atoms with Crippen molar-refractivity contribution in [2.75, 3.05) is 0 Å². The first-order chi connectivity index (χ1) is 13.5. The Labute approximate surface area is 163 Å². The molecule has 0 radical (unpaired) electrons. The number of nitrogens with zero attached hydrogens (tertiary/aromatic N) is 3. The summed E-state index contributed by atoms with van der Waals surface area (Å²) in [5.74, 6) is -0.949. The number of aromatic nitrogens is 4. The van der Waals surface area contributed by atoms with Crippen LogP contribution in [0.3, 0.4) is 0 Å². The normalized spacial score (nSPS) is 11.7. The van der Waals surface area contributed by atoms with E-state index in [-0.39, 0.29) is 27.3 Å². The molecule has 138 valence electrons. The van der Waals surface area contributed by atoms with Crippen molar-refractivity contribution in [3.63, 3.8) is 0 Å². The molecule has 0 aliphatic rings. The minimum Gasteiger partial charge on any atom is -0.478 e. The van der Waals surface area contributed by atoms with Crippen molar-refractivity contribution in [3.8, 4) is 5.69 Å². The Morgan fingerprint density at radius 2 is 1.96 bits per heavy atom. The van der Waals surface area contributed by atoms with E-state index in [1.807, 2.05) is 30.3 Å². The Hall–Kier alpha value is -3.71. The molecular weight excluding hydrogens is 380 g/mol. The second kappa shape index (κ2) is 7.13. The van der Waals surface area contributed by atoms with Gasteiger partial charge in [-0.3, -0.25) is 4.79 Å². The van der Waals surface area contributed by atoms with Gasteiger partial charge in [0.1, 0.15) is 0 Å². The number of hydrogen-bond acceptors (Lipinski definition) is 4. The minimum absolute atomic E-state index is 0.0424.